The van der Waals surface area contributed by atoms with Crippen LogP contribution in [0.3, 0.4) is 0 Å². The molecule has 3 saturated heterocycles. The van der Waals surface area contributed by atoms with E-state index >= 15 is 0 Å². The molecule has 0 radical (unpaired) electrons. The lowest BCUT2D eigenvalue weighted by atomic mass is 9.83. The van der Waals surface area contributed by atoms with Crippen molar-refractivity contribution < 1.29 is 9.84 Å². The Labute approximate surface area is 146 Å². The summed E-state index contributed by atoms with van der Waals surface area (Å²) in [7, 11) is 0. The number of hydrogen-bond acceptors (Lipinski definition) is 3. The third kappa shape index (κ3) is 3.74. The Morgan fingerprint density at radius 3 is 2.58 bits per heavy atom. The van der Waals surface area contributed by atoms with E-state index in [9.17, 15) is 5.11 Å². The van der Waals surface area contributed by atoms with E-state index in [1.165, 1.54) is 25.9 Å². The van der Waals surface area contributed by atoms with Crippen molar-refractivity contribution in [3.8, 4) is 0 Å². The van der Waals surface area contributed by atoms with E-state index < -0.39 is 5.60 Å². The van der Waals surface area contributed by atoms with E-state index in [2.05, 4.69) is 18.4 Å². The first-order valence-electron chi connectivity index (χ1n) is 9.43. The highest BCUT2D eigenvalue weighted by Crippen LogP contribution is 2.35. The second kappa shape index (κ2) is 7.81. The van der Waals surface area contributed by atoms with E-state index in [0.717, 1.165) is 36.9 Å². The van der Waals surface area contributed by atoms with Gasteiger partial charge in [-0.2, -0.15) is 0 Å². The minimum absolute atomic E-state index is 0.252. The van der Waals surface area contributed by atoms with Gasteiger partial charge in [0.1, 0.15) is 5.60 Å². The van der Waals surface area contributed by atoms with Gasteiger partial charge in [0, 0.05) is 6.54 Å². The summed E-state index contributed by atoms with van der Waals surface area (Å²) < 4.78 is 6.29. The van der Waals surface area contributed by atoms with Gasteiger partial charge in [-0.05, 0) is 55.8 Å². The summed E-state index contributed by atoms with van der Waals surface area (Å²) >= 11 is 0. The van der Waals surface area contributed by atoms with Crippen LogP contribution in [0.1, 0.15) is 44.6 Å². The summed E-state index contributed by atoms with van der Waals surface area (Å²) in [4.78, 5) is 2.48. The summed E-state index contributed by atoms with van der Waals surface area (Å²) in [5.41, 5.74) is 0.687. The first-order valence-corrected chi connectivity index (χ1v) is 9.43. The molecule has 132 valence electrons. The summed E-state index contributed by atoms with van der Waals surface area (Å²) in [5, 5.41) is 11.4. The predicted molar refractivity (Wildman–Crippen MR) is 97.9 cm³/mol. The van der Waals surface area contributed by atoms with Crippen LogP contribution in [0.2, 0.25) is 0 Å². The fourth-order valence-electron chi connectivity index (χ4n) is 4.03. The molecule has 3 heteroatoms. The first-order chi connectivity index (χ1) is 11.6. The van der Waals surface area contributed by atoms with Crippen LogP contribution >= 0.6 is 0 Å². The summed E-state index contributed by atoms with van der Waals surface area (Å²) in [5.74, 6) is 0.652. The normalized spacial score (nSPS) is 28.5. The summed E-state index contributed by atoms with van der Waals surface area (Å²) in [6.07, 6.45) is 5.70. The highest BCUT2D eigenvalue weighted by molar-refractivity contribution is 5.31. The van der Waals surface area contributed by atoms with Crippen LogP contribution in [-0.4, -0.2) is 42.4 Å². The Morgan fingerprint density at radius 2 is 2.00 bits per heavy atom. The minimum Gasteiger partial charge on any atom is -0.378 e. The molecule has 0 amide bonds. The van der Waals surface area contributed by atoms with E-state index in [1.807, 2.05) is 30.3 Å². The van der Waals surface area contributed by atoms with Crippen LogP contribution in [-0.2, 0) is 10.3 Å². The van der Waals surface area contributed by atoms with Crippen molar-refractivity contribution in [1.82, 2.24) is 4.90 Å². The van der Waals surface area contributed by atoms with Crippen LogP contribution in [0.5, 0.6) is 0 Å². The third-order valence-electron chi connectivity index (χ3n) is 5.77. The maximum Gasteiger partial charge on any atom is 0.134 e. The molecule has 4 rings (SSSR count). The number of hydrogen-bond donors (Lipinski definition) is 1. The van der Waals surface area contributed by atoms with E-state index in [1.54, 1.807) is 0 Å². The molecule has 0 spiro atoms. The van der Waals surface area contributed by atoms with Gasteiger partial charge in [-0.15, -0.1) is 0 Å². The molecule has 3 aliphatic heterocycles. The molecule has 3 nitrogen and oxygen atoms in total. The smallest absolute Gasteiger partial charge is 0.134 e. The van der Waals surface area contributed by atoms with Crippen molar-refractivity contribution in [2.45, 2.75) is 50.7 Å². The lowest BCUT2D eigenvalue weighted by Crippen LogP contribution is -2.52. The number of nitrogens with zero attached hydrogens (tertiary/aromatic N) is 1. The Hall–Kier alpha value is -1.16. The molecule has 24 heavy (non-hydrogen) atoms. The number of unbranched alkanes of at least 4 members (excludes halogenated alkanes) is 1. The molecule has 1 aromatic carbocycles. The second-order valence-corrected chi connectivity index (χ2v) is 7.42. The fraction of sp³-hybridized carbons (Fsp3) is 0.619. The highest BCUT2D eigenvalue weighted by atomic mass is 16.5. The van der Waals surface area contributed by atoms with Crippen LogP contribution in [0.25, 0.3) is 0 Å². The molecule has 0 unspecified atom stereocenters. The zero-order chi connectivity index (χ0) is 17.0. The van der Waals surface area contributed by atoms with Gasteiger partial charge >= 0.3 is 0 Å². The van der Waals surface area contributed by atoms with Gasteiger partial charge in [0.25, 0.3) is 0 Å². The largest absolute Gasteiger partial charge is 0.378 e. The summed E-state index contributed by atoms with van der Waals surface area (Å²) in [6, 6.07) is 9.89. The molecule has 1 N–H and O–H groups in total. The van der Waals surface area contributed by atoms with Crippen LogP contribution in [0.15, 0.2) is 42.5 Å². The lowest BCUT2D eigenvalue weighted by molar-refractivity contribution is -0.114. The first kappa shape index (κ1) is 17.7. The number of aliphatic hydroxyl groups is 1. The van der Waals surface area contributed by atoms with Crippen LogP contribution in [0, 0.1) is 5.92 Å². The monoisotopic (exact) mass is 329 g/mol. The quantitative estimate of drug-likeness (QED) is 0.738. The predicted octanol–water partition coefficient (Wildman–Crippen LogP) is 3.73. The van der Waals surface area contributed by atoms with Crippen LogP contribution in [0.4, 0.5) is 0 Å². The molecule has 0 aliphatic carbocycles. The topological polar surface area (TPSA) is 32.7 Å². The Kier molecular flexibility index (Phi) is 5.75. The molecule has 3 fully saturated rings. The van der Waals surface area contributed by atoms with Crippen molar-refractivity contribution in [1.29, 1.82) is 0 Å². The molecule has 1 aromatic rings. The van der Waals surface area contributed by atoms with E-state index in [-0.39, 0.29) is 6.10 Å². The van der Waals surface area contributed by atoms with E-state index in [4.69, 9.17) is 4.74 Å². The van der Waals surface area contributed by atoms with Crippen LogP contribution < -0.4 is 0 Å². The van der Waals surface area contributed by atoms with E-state index in [0.29, 0.717) is 12.5 Å². The van der Waals surface area contributed by atoms with Gasteiger partial charge in [0.05, 0.1) is 12.7 Å². The molecule has 2 bridgehead atoms. The third-order valence-corrected chi connectivity index (χ3v) is 5.77. The Balaban J connectivity index is 1.71. The molecule has 2 atom stereocenters. The van der Waals surface area contributed by atoms with Gasteiger partial charge < -0.3 is 14.7 Å². The van der Waals surface area contributed by atoms with Gasteiger partial charge in [-0.1, -0.05) is 50.3 Å². The second-order valence-electron chi connectivity index (χ2n) is 7.42. The fourth-order valence-corrected chi connectivity index (χ4v) is 4.03. The van der Waals surface area contributed by atoms with Crippen molar-refractivity contribution in [2.75, 3.05) is 26.2 Å². The average Bonchev–Trinajstić information content (AvgIpc) is 2.65. The number of benzene rings is 1. The Morgan fingerprint density at radius 1 is 1.29 bits per heavy atom. The molecular formula is C21H31NO2. The van der Waals surface area contributed by atoms with Crippen molar-refractivity contribution in [3.05, 3.63) is 48.0 Å². The summed E-state index contributed by atoms with van der Waals surface area (Å²) in [6.45, 7) is 10.1. The maximum atomic E-state index is 11.4. The maximum absolute atomic E-state index is 11.4. The zero-order valence-corrected chi connectivity index (χ0v) is 14.9. The zero-order valence-electron chi connectivity index (χ0n) is 14.9. The number of fused-ring (bicyclic) bond motifs is 3. The average molecular weight is 329 g/mol. The van der Waals surface area contributed by atoms with Gasteiger partial charge in [-0.3, -0.25) is 0 Å². The van der Waals surface area contributed by atoms with Gasteiger partial charge in [0.15, 0.2) is 0 Å². The van der Waals surface area contributed by atoms with Crippen molar-refractivity contribution in [3.63, 3.8) is 0 Å². The lowest BCUT2D eigenvalue weighted by Gasteiger charge is -2.45. The number of rotatable bonds is 8. The molecule has 0 aromatic heterocycles. The SMILES string of the molecule is C=C(CCCC)[C@@](O)(CO[C@H]1CN2CCC1CC2)c1ccccc1. The molecule has 3 aliphatic rings. The Bertz CT molecular complexity index is 536. The van der Waals surface area contributed by atoms with Gasteiger partial charge in [-0.25, -0.2) is 0 Å². The standard InChI is InChI=1S/C21H31NO2/c1-3-4-8-17(2)21(23,19-9-6-5-7-10-19)16-24-20-15-22-13-11-18(20)12-14-22/h5-7,9-10,18,20,23H,2-4,8,11-16H2,1H3/t20-,21-/m0/s1. The molecular weight excluding hydrogens is 298 g/mol. The molecule has 3 heterocycles. The van der Waals surface area contributed by atoms with Crippen molar-refractivity contribution >= 4 is 0 Å². The highest BCUT2D eigenvalue weighted by Gasteiger charge is 2.38. The number of ether oxygens (including phenoxy) is 1. The molecule has 0 saturated carbocycles. The minimum atomic E-state index is -1.08. The number of piperidine rings is 3. The van der Waals surface area contributed by atoms with Crippen molar-refractivity contribution in [2.24, 2.45) is 5.92 Å². The van der Waals surface area contributed by atoms with Gasteiger partial charge in [0.2, 0.25) is 0 Å².